The van der Waals surface area contributed by atoms with Gasteiger partial charge in [-0.3, -0.25) is 19.2 Å². The third-order valence-corrected chi connectivity index (χ3v) is 15.3. The number of nitrogens with one attached hydrogen (secondary N) is 4. The van der Waals surface area contributed by atoms with Crippen molar-refractivity contribution in [1.29, 1.82) is 0 Å². The summed E-state index contributed by atoms with van der Waals surface area (Å²) >= 11 is 0. The van der Waals surface area contributed by atoms with Crippen LogP contribution in [0.4, 0.5) is 0 Å². The predicted octanol–water partition coefficient (Wildman–Crippen LogP) is 3.84. The highest BCUT2D eigenvalue weighted by atomic mass is 33.1. The van der Waals surface area contributed by atoms with Gasteiger partial charge in [-0.25, -0.2) is 0 Å². The van der Waals surface area contributed by atoms with Gasteiger partial charge in [-0.1, -0.05) is 69.9 Å². The summed E-state index contributed by atoms with van der Waals surface area (Å²) < 4.78 is 10.9. The van der Waals surface area contributed by atoms with Crippen LogP contribution in [0.3, 0.4) is 0 Å². The quantitative estimate of drug-likeness (QED) is 0.0183. The van der Waals surface area contributed by atoms with Crippen molar-refractivity contribution in [1.82, 2.24) is 21.3 Å². The molecule has 0 aromatic carbocycles. The fourth-order valence-corrected chi connectivity index (χ4v) is 11.6. The monoisotopic (exact) mass is 946 g/mol. The van der Waals surface area contributed by atoms with Crippen molar-refractivity contribution in [2.24, 2.45) is 22.7 Å². The van der Waals surface area contributed by atoms with E-state index >= 15 is 0 Å². The van der Waals surface area contributed by atoms with Crippen LogP contribution in [0.2, 0.25) is 0 Å². The van der Waals surface area contributed by atoms with E-state index in [0.29, 0.717) is 83.7 Å². The second-order valence-electron chi connectivity index (χ2n) is 16.5. The van der Waals surface area contributed by atoms with Crippen LogP contribution in [-0.4, -0.2) is 120 Å². The molecule has 0 bridgehead atoms. The molecule has 4 aliphatic carbocycles. The molecule has 2 amide bonds. The fourth-order valence-electron chi connectivity index (χ4n) is 9.80. The minimum absolute atomic E-state index is 0.139. The first kappa shape index (κ1) is 53.7. The molecule has 2 unspecified atom stereocenters. The van der Waals surface area contributed by atoms with Crippen LogP contribution in [0.15, 0.2) is 93.4 Å². The lowest BCUT2D eigenvalue weighted by molar-refractivity contribution is -0.155. The summed E-state index contributed by atoms with van der Waals surface area (Å²) in [4.78, 5) is 49.7. The van der Waals surface area contributed by atoms with Gasteiger partial charge < -0.3 is 51.2 Å². The number of ether oxygens (including phenoxy) is 2. The van der Waals surface area contributed by atoms with Crippen LogP contribution < -0.4 is 21.3 Å². The zero-order valence-corrected chi connectivity index (χ0v) is 40.4. The van der Waals surface area contributed by atoms with E-state index in [1.54, 1.807) is 60.0 Å². The van der Waals surface area contributed by atoms with Crippen molar-refractivity contribution in [2.75, 3.05) is 51.9 Å². The maximum absolute atomic E-state index is 12.9. The summed E-state index contributed by atoms with van der Waals surface area (Å²) in [5, 5.41) is 55.6. The van der Waals surface area contributed by atoms with Gasteiger partial charge in [0.15, 0.2) is 0 Å². The standard InChI is InChI=1S/C50H66N4O10S2/c1-9-37(49-23-19-41(51-7)39(49)13-15-43(47(49)61)63-33(5)57)31(3)35(21-27-55)11-17-45(59)53-25-29-65-66-30-26-54-46(60)18-12-36(22-28-56)32(4)38(10-2)50-24-20-42(52-8)40(50)14-16-44(48(50)62)64-34(6)58/h1-2,13-16,19-22,39-40,43-44,47-48,51-52,55-56,61-62H,11-12,17-18,23-30H2,3-8H3,(H,53,59)(H,54,60)/b35-21-,36-22-,37-31+,38-32+/t39?,40?,43-,44+,47-,48+,49+,50-. The third-order valence-electron chi connectivity index (χ3n) is 12.9. The largest absolute Gasteiger partial charge is 0.456 e. The summed E-state index contributed by atoms with van der Waals surface area (Å²) in [5.74, 6) is 4.89. The molecule has 0 radical (unpaired) electrons. The summed E-state index contributed by atoms with van der Waals surface area (Å²) in [6, 6.07) is 0. The van der Waals surface area contributed by atoms with Gasteiger partial charge in [0.05, 0.1) is 13.2 Å². The molecule has 8 N–H and O–H groups in total. The van der Waals surface area contributed by atoms with Crippen LogP contribution in [-0.2, 0) is 28.7 Å². The van der Waals surface area contributed by atoms with Crippen molar-refractivity contribution >= 4 is 45.3 Å². The average Bonchev–Trinajstić information content (AvgIpc) is 3.87. The zero-order chi connectivity index (χ0) is 48.6. The van der Waals surface area contributed by atoms with E-state index in [4.69, 9.17) is 22.3 Å². The Balaban J connectivity index is 1.24. The minimum atomic E-state index is -1.14. The van der Waals surface area contributed by atoms with Gasteiger partial charge in [-0.15, -0.1) is 12.8 Å². The molecule has 0 heterocycles. The molecule has 4 rings (SSSR count). The topological polar surface area (TPSA) is 216 Å². The lowest BCUT2D eigenvalue weighted by atomic mass is 9.61. The molecule has 14 nitrogen and oxygen atoms in total. The Bertz CT molecular complexity index is 2010. The number of aliphatic hydroxyl groups is 4. The number of rotatable bonds is 23. The number of amides is 2. The number of hydrogen-bond donors (Lipinski definition) is 8. The van der Waals surface area contributed by atoms with Crippen molar-refractivity contribution in [3.63, 3.8) is 0 Å². The summed E-state index contributed by atoms with van der Waals surface area (Å²) in [6.07, 6.45) is 24.3. The van der Waals surface area contributed by atoms with Crippen LogP contribution in [0.1, 0.15) is 66.2 Å². The van der Waals surface area contributed by atoms with E-state index < -0.39 is 47.2 Å². The van der Waals surface area contributed by atoms with Crippen LogP contribution in [0.5, 0.6) is 0 Å². The van der Waals surface area contributed by atoms with Crippen molar-refractivity contribution in [3.05, 3.63) is 93.4 Å². The minimum Gasteiger partial charge on any atom is -0.456 e. The first-order valence-corrected chi connectivity index (χ1v) is 24.7. The lowest BCUT2D eigenvalue weighted by Gasteiger charge is -2.45. The Morgan fingerprint density at radius 2 is 1.06 bits per heavy atom. The molecule has 8 atom stereocenters. The predicted molar refractivity (Wildman–Crippen MR) is 260 cm³/mol. The Morgan fingerprint density at radius 1 is 0.682 bits per heavy atom. The maximum atomic E-state index is 12.9. The Kier molecular flexibility index (Phi) is 20.5. The number of hydrogen-bond acceptors (Lipinski definition) is 14. The van der Waals surface area contributed by atoms with Crippen LogP contribution in [0.25, 0.3) is 0 Å². The molecule has 66 heavy (non-hydrogen) atoms. The van der Waals surface area contributed by atoms with Gasteiger partial charge in [0.1, 0.15) is 24.4 Å². The molecule has 358 valence electrons. The highest BCUT2D eigenvalue weighted by Crippen LogP contribution is 2.56. The highest BCUT2D eigenvalue weighted by molar-refractivity contribution is 8.76. The van der Waals surface area contributed by atoms with Crippen LogP contribution in [0, 0.1) is 47.4 Å². The van der Waals surface area contributed by atoms with Gasteiger partial charge in [0.2, 0.25) is 11.8 Å². The molecule has 0 aromatic heterocycles. The second kappa shape index (κ2) is 25.3. The van der Waals surface area contributed by atoms with Crippen molar-refractivity contribution < 1.29 is 49.1 Å². The molecule has 0 spiro atoms. The third kappa shape index (κ3) is 12.1. The second-order valence-corrected chi connectivity index (χ2v) is 19.2. The molecular formula is C50H66N4O10S2. The molecule has 0 aromatic rings. The van der Waals surface area contributed by atoms with Gasteiger partial charge in [0.25, 0.3) is 0 Å². The number of carbonyl (C=O) groups excluding carboxylic acids is 4. The van der Waals surface area contributed by atoms with E-state index in [9.17, 15) is 39.6 Å². The summed E-state index contributed by atoms with van der Waals surface area (Å²) in [5.41, 5.74) is 3.52. The number of carbonyl (C=O) groups is 4. The van der Waals surface area contributed by atoms with E-state index in [2.05, 4.69) is 33.1 Å². The molecule has 4 aliphatic rings. The highest BCUT2D eigenvalue weighted by Gasteiger charge is 2.57. The Labute approximate surface area is 397 Å². The van der Waals surface area contributed by atoms with Gasteiger partial charge >= 0.3 is 11.9 Å². The lowest BCUT2D eigenvalue weighted by Crippen LogP contribution is -2.51. The molecular weight excluding hydrogens is 881 g/mol. The van der Waals surface area contributed by atoms with Crippen molar-refractivity contribution in [2.45, 2.75) is 90.6 Å². The average molecular weight is 947 g/mol. The number of esters is 2. The number of aliphatic hydroxyl groups excluding tert-OH is 4. The zero-order valence-electron chi connectivity index (χ0n) is 38.8. The van der Waals surface area contributed by atoms with Crippen molar-refractivity contribution in [3.8, 4) is 24.7 Å². The molecule has 0 fully saturated rings. The van der Waals surface area contributed by atoms with Gasteiger partial charge in [-0.05, 0) is 74.0 Å². The molecule has 0 aliphatic heterocycles. The normalized spacial score (nSPS) is 27.4. The SMILES string of the molecule is C#C/C(=C(C)\C(=C/CO)CCC(=O)NCCSSCCNC(=O)CCC(=C/CO)/C(C)=C(\C#C)[C@]12CC=C(NC)C1C=C[C@H](OC(C)=O)[C@@H]2O)[C@@]12CC=C(NC)C1C=C[C@@H](OC(C)=O)[C@H]2O. The summed E-state index contributed by atoms with van der Waals surface area (Å²) in [6.45, 7) is 6.53. The van der Waals surface area contributed by atoms with Gasteiger partial charge in [-0.2, -0.15) is 0 Å². The molecule has 0 saturated carbocycles. The Morgan fingerprint density at radius 3 is 1.38 bits per heavy atom. The van der Waals surface area contributed by atoms with E-state index in [1.165, 1.54) is 13.8 Å². The first-order chi connectivity index (χ1) is 31.6. The van der Waals surface area contributed by atoms with E-state index in [-0.39, 0.29) is 49.7 Å². The molecule has 0 saturated heterocycles. The maximum Gasteiger partial charge on any atom is 0.303 e. The number of terminal acetylenes is 2. The van der Waals surface area contributed by atoms with Gasteiger partial charge in [0, 0.05) is 111 Å². The molecule has 16 heteroatoms. The van der Waals surface area contributed by atoms with E-state index in [1.807, 2.05) is 38.2 Å². The number of fused-ring (bicyclic) bond motifs is 2. The fraction of sp³-hybridized carbons (Fsp3) is 0.520. The van der Waals surface area contributed by atoms with Crippen LogP contribution >= 0.6 is 21.6 Å². The first-order valence-electron chi connectivity index (χ1n) is 22.2. The van der Waals surface area contributed by atoms with E-state index in [0.717, 1.165) is 11.4 Å². The Hall–Kier alpha value is -4.94. The smallest absolute Gasteiger partial charge is 0.303 e. The number of allylic oxidation sites excluding steroid dienone is 8. The summed E-state index contributed by atoms with van der Waals surface area (Å²) in [7, 11) is 6.72.